The number of benzene rings is 3. The van der Waals surface area contributed by atoms with E-state index in [1.165, 1.54) is 20.9 Å². The molecule has 41 heavy (non-hydrogen) atoms. The number of hydrazone groups is 1. The molecule has 10 heteroatoms. The van der Waals surface area contributed by atoms with Gasteiger partial charge in [-0.05, 0) is 61.9 Å². The van der Waals surface area contributed by atoms with Crippen LogP contribution in [0.4, 0.5) is 11.4 Å². The van der Waals surface area contributed by atoms with Crippen molar-refractivity contribution in [2.24, 2.45) is 16.0 Å². The molecule has 2 aliphatic heterocycles. The van der Waals surface area contributed by atoms with E-state index in [1.807, 2.05) is 48.5 Å². The van der Waals surface area contributed by atoms with Gasteiger partial charge in [-0.3, -0.25) is 19.0 Å². The number of anilines is 2. The number of para-hydroxylation sites is 2. The van der Waals surface area contributed by atoms with Crippen LogP contribution in [0.25, 0.3) is 6.08 Å². The highest BCUT2D eigenvalue weighted by Crippen LogP contribution is 2.31. The summed E-state index contributed by atoms with van der Waals surface area (Å²) in [6.45, 7) is 3.53. The number of nitrogens with zero attached hydrogens (tertiary/aromatic N) is 4. The number of carbonyl (C=O) groups excluding carboxylic acids is 2. The third-order valence-electron chi connectivity index (χ3n) is 6.99. The van der Waals surface area contributed by atoms with Crippen LogP contribution in [0.2, 0.25) is 5.02 Å². The third-order valence-corrected chi connectivity index (χ3v) is 8.24. The van der Waals surface area contributed by atoms with E-state index in [2.05, 4.69) is 15.4 Å². The normalized spacial score (nSPS) is 18.7. The topological polar surface area (TPSA) is 96.1 Å². The standard InChI is InChI=1S/C31H24ClN5O3S/c1-18-24(29(39)37(35-18)23-11-7-4-8-12-23)17-25-30(40)36-27(20-13-15-21(32)16-14-20)26(19(2)33-31(36)41-25)28(38)34-22-9-5-3-6-10-22/h3-17,24,27H,1-2H3,(H,34,38)/b25-17+/t24-,27-/m0/s1. The summed E-state index contributed by atoms with van der Waals surface area (Å²) in [6, 6.07) is 24.6. The monoisotopic (exact) mass is 581 g/mol. The van der Waals surface area contributed by atoms with Crippen LogP contribution in [0, 0.1) is 5.92 Å². The Bertz CT molecular complexity index is 1910. The first kappa shape index (κ1) is 26.6. The van der Waals surface area contributed by atoms with Crippen LogP contribution < -0.4 is 25.2 Å². The van der Waals surface area contributed by atoms with Crippen molar-refractivity contribution in [3.63, 3.8) is 0 Å². The molecule has 4 aromatic rings. The number of hydrogen-bond acceptors (Lipinski definition) is 6. The van der Waals surface area contributed by atoms with E-state index in [9.17, 15) is 14.4 Å². The summed E-state index contributed by atoms with van der Waals surface area (Å²) < 4.78 is 1.87. The Kier molecular flexibility index (Phi) is 6.98. The van der Waals surface area contributed by atoms with Crippen molar-refractivity contribution in [3.05, 3.63) is 126 Å². The minimum atomic E-state index is -0.746. The van der Waals surface area contributed by atoms with Crippen molar-refractivity contribution in [3.8, 4) is 0 Å². The number of amides is 2. The first-order valence-electron chi connectivity index (χ1n) is 12.9. The van der Waals surface area contributed by atoms with Crippen LogP contribution >= 0.6 is 22.9 Å². The maximum absolute atomic E-state index is 14.0. The van der Waals surface area contributed by atoms with Gasteiger partial charge in [-0.1, -0.05) is 71.5 Å². The fraction of sp³-hybridized carbons (Fsp3) is 0.129. The Labute approximate surface area is 244 Å². The zero-order valence-corrected chi connectivity index (χ0v) is 23.7. The molecular formula is C31H24ClN5O3S. The molecule has 0 aliphatic carbocycles. The summed E-state index contributed by atoms with van der Waals surface area (Å²) in [4.78, 5) is 46.1. The second kappa shape index (κ2) is 10.8. The van der Waals surface area contributed by atoms with Crippen LogP contribution in [-0.2, 0) is 9.59 Å². The highest BCUT2D eigenvalue weighted by atomic mass is 35.5. The van der Waals surface area contributed by atoms with E-state index < -0.39 is 12.0 Å². The molecule has 204 valence electrons. The van der Waals surface area contributed by atoms with Gasteiger partial charge in [-0.25, -0.2) is 4.99 Å². The van der Waals surface area contributed by atoms with E-state index in [4.69, 9.17) is 11.6 Å². The minimum absolute atomic E-state index is 0.243. The van der Waals surface area contributed by atoms with Gasteiger partial charge in [-0.15, -0.1) is 0 Å². The quantitative estimate of drug-likeness (QED) is 0.375. The zero-order valence-electron chi connectivity index (χ0n) is 22.1. The highest BCUT2D eigenvalue weighted by Gasteiger charge is 2.35. The minimum Gasteiger partial charge on any atom is -0.322 e. The van der Waals surface area contributed by atoms with Gasteiger partial charge in [0.05, 0.1) is 33.2 Å². The van der Waals surface area contributed by atoms with Gasteiger partial charge in [0.2, 0.25) is 0 Å². The third kappa shape index (κ3) is 4.94. The van der Waals surface area contributed by atoms with E-state index in [0.717, 1.165) is 0 Å². The SMILES string of the molecule is CC1=NN(c2ccccc2)C(=O)[C@H]1/C=c1/sc2n(c1=O)[C@@H](c1ccc(Cl)cc1)C(C(=O)Nc1ccccc1)=C(C)N=2. The van der Waals surface area contributed by atoms with Gasteiger partial charge < -0.3 is 5.32 Å². The Morgan fingerprint density at radius 2 is 1.61 bits per heavy atom. The average Bonchev–Trinajstić information content (AvgIpc) is 3.43. The number of aromatic nitrogens is 1. The lowest BCUT2D eigenvalue weighted by molar-refractivity contribution is -0.118. The summed E-state index contributed by atoms with van der Waals surface area (Å²) in [5.74, 6) is -1.31. The first-order chi connectivity index (χ1) is 19.8. The number of carbonyl (C=O) groups is 2. The molecule has 6 rings (SSSR count). The average molecular weight is 582 g/mol. The molecule has 0 spiro atoms. The molecule has 8 nitrogen and oxygen atoms in total. The van der Waals surface area contributed by atoms with Gasteiger partial charge in [0, 0.05) is 10.7 Å². The zero-order chi connectivity index (χ0) is 28.7. The summed E-state index contributed by atoms with van der Waals surface area (Å²) in [7, 11) is 0. The van der Waals surface area contributed by atoms with Crippen LogP contribution in [0.15, 0.2) is 111 Å². The molecule has 2 amide bonds. The number of nitrogens with one attached hydrogen (secondary N) is 1. The Balaban J connectivity index is 1.44. The number of rotatable bonds is 5. The fourth-order valence-electron chi connectivity index (χ4n) is 4.98. The van der Waals surface area contributed by atoms with Crippen molar-refractivity contribution in [1.82, 2.24) is 4.57 Å². The Hall–Kier alpha value is -4.60. The van der Waals surface area contributed by atoms with Crippen LogP contribution in [0.5, 0.6) is 0 Å². The van der Waals surface area contributed by atoms with Crippen molar-refractivity contribution in [2.45, 2.75) is 19.9 Å². The van der Waals surface area contributed by atoms with Crippen LogP contribution in [0.1, 0.15) is 25.5 Å². The van der Waals surface area contributed by atoms with E-state index in [-0.39, 0.29) is 17.4 Å². The van der Waals surface area contributed by atoms with Gasteiger partial charge in [0.25, 0.3) is 17.4 Å². The summed E-state index contributed by atoms with van der Waals surface area (Å²) >= 11 is 7.35. The van der Waals surface area contributed by atoms with E-state index in [1.54, 1.807) is 56.3 Å². The molecule has 1 N–H and O–H groups in total. The number of allylic oxidation sites excluding steroid dienone is 1. The lowest BCUT2D eigenvalue weighted by Gasteiger charge is -2.25. The fourth-order valence-corrected chi connectivity index (χ4v) is 6.17. The number of hydrogen-bond donors (Lipinski definition) is 1. The van der Waals surface area contributed by atoms with Crippen molar-refractivity contribution < 1.29 is 9.59 Å². The summed E-state index contributed by atoms with van der Waals surface area (Å²) in [6.07, 6.45) is 1.65. The van der Waals surface area contributed by atoms with Crippen molar-refractivity contribution >= 4 is 57.9 Å². The smallest absolute Gasteiger partial charge is 0.270 e. The molecule has 0 fully saturated rings. The molecule has 0 saturated heterocycles. The molecule has 1 aromatic heterocycles. The molecule has 0 bridgehead atoms. The second-order valence-corrected chi connectivity index (χ2v) is 11.1. The molecule has 0 radical (unpaired) electrons. The highest BCUT2D eigenvalue weighted by molar-refractivity contribution is 7.07. The Morgan fingerprint density at radius 3 is 2.29 bits per heavy atom. The van der Waals surface area contributed by atoms with Crippen LogP contribution in [-0.4, -0.2) is 22.1 Å². The Morgan fingerprint density at radius 1 is 0.951 bits per heavy atom. The van der Waals surface area contributed by atoms with Crippen molar-refractivity contribution in [1.29, 1.82) is 0 Å². The first-order valence-corrected chi connectivity index (χ1v) is 14.1. The molecule has 0 saturated carbocycles. The number of thiazole rings is 1. The molecule has 3 heterocycles. The number of halogens is 1. The van der Waals surface area contributed by atoms with Crippen LogP contribution in [0.3, 0.4) is 0 Å². The predicted octanol–water partition coefficient (Wildman–Crippen LogP) is 4.52. The second-order valence-electron chi connectivity index (χ2n) is 9.68. The molecule has 3 aromatic carbocycles. The molecular weight excluding hydrogens is 558 g/mol. The van der Waals surface area contributed by atoms with Gasteiger partial charge >= 0.3 is 0 Å². The number of fused-ring (bicyclic) bond motifs is 1. The molecule has 2 aliphatic rings. The summed E-state index contributed by atoms with van der Waals surface area (Å²) in [5, 5.41) is 9.29. The van der Waals surface area contributed by atoms with Gasteiger partial charge in [0.15, 0.2) is 4.80 Å². The molecule has 0 unspecified atom stereocenters. The lowest BCUT2D eigenvalue weighted by Crippen LogP contribution is -2.41. The lowest BCUT2D eigenvalue weighted by atomic mass is 9.95. The maximum atomic E-state index is 14.0. The van der Waals surface area contributed by atoms with E-state index in [0.29, 0.717) is 48.3 Å². The van der Waals surface area contributed by atoms with Gasteiger partial charge in [0.1, 0.15) is 5.92 Å². The maximum Gasteiger partial charge on any atom is 0.270 e. The summed E-state index contributed by atoms with van der Waals surface area (Å²) in [5.41, 5.74) is 3.07. The van der Waals surface area contributed by atoms with E-state index >= 15 is 0 Å². The molecule has 2 atom stereocenters. The largest absolute Gasteiger partial charge is 0.322 e. The van der Waals surface area contributed by atoms with Gasteiger partial charge in [-0.2, -0.15) is 10.1 Å². The van der Waals surface area contributed by atoms with Crippen molar-refractivity contribution in [2.75, 3.05) is 10.3 Å². The predicted molar refractivity (Wildman–Crippen MR) is 162 cm³/mol.